The maximum absolute atomic E-state index is 12.0. The molecule has 6 heteroatoms. The summed E-state index contributed by atoms with van der Waals surface area (Å²) < 4.78 is 0. The van der Waals surface area contributed by atoms with E-state index in [4.69, 9.17) is 0 Å². The zero-order chi connectivity index (χ0) is 12.0. The normalized spacial score (nSPS) is 21.1. The summed E-state index contributed by atoms with van der Waals surface area (Å²) in [7, 11) is 0. The van der Waals surface area contributed by atoms with E-state index in [9.17, 15) is 9.59 Å². The molecular formula is C10H18N2O2S2. The Labute approximate surface area is 105 Å². The molecule has 0 bridgehead atoms. The zero-order valence-corrected chi connectivity index (χ0v) is 11.3. The molecule has 2 amide bonds. The van der Waals surface area contributed by atoms with Gasteiger partial charge in [0.15, 0.2) is 0 Å². The Morgan fingerprint density at radius 1 is 1.31 bits per heavy atom. The summed E-state index contributed by atoms with van der Waals surface area (Å²) in [4.78, 5) is 25.1. The SMILES string of the molecule is CSCC[C@@H]1NC(=O)CN(CCSC)C1=O. The summed E-state index contributed by atoms with van der Waals surface area (Å²) in [6, 6.07) is -0.310. The van der Waals surface area contributed by atoms with Gasteiger partial charge in [0.05, 0.1) is 6.54 Å². The van der Waals surface area contributed by atoms with Gasteiger partial charge in [0, 0.05) is 12.3 Å². The van der Waals surface area contributed by atoms with E-state index in [0.29, 0.717) is 6.54 Å². The highest BCUT2D eigenvalue weighted by Gasteiger charge is 2.31. The first-order valence-corrected chi connectivity index (χ1v) is 8.04. The van der Waals surface area contributed by atoms with Crippen molar-refractivity contribution in [3.63, 3.8) is 0 Å². The largest absolute Gasteiger partial charge is 0.343 e. The quantitative estimate of drug-likeness (QED) is 0.754. The van der Waals surface area contributed by atoms with Gasteiger partial charge >= 0.3 is 0 Å². The number of carbonyl (C=O) groups is 2. The molecule has 1 atom stereocenters. The molecule has 0 aliphatic carbocycles. The monoisotopic (exact) mass is 262 g/mol. The third-order valence-corrected chi connectivity index (χ3v) is 3.69. The number of nitrogens with one attached hydrogen (secondary N) is 1. The lowest BCUT2D eigenvalue weighted by Gasteiger charge is -2.32. The van der Waals surface area contributed by atoms with Crippen LogP contribution in [0.1, 0.15) is 6.42 Å². The fraction of sp³-hybridized carbons (Fsp3) is 0.800. The molecule has 0 aromatic carbocycles. The highest BCUT2D eigenvalue weighted by molar-refractivity contribution is 7.98. The van der Waals surface area contributed by atoms with Crippen LogP contribution in [0.4, 0.5) is 0 Å². The topological polar surface area (TPSA) is 49.4 Å². The molecule has 0 spiro atoms. The van der Waals surface area contributed by atoms with Crippen LogP contribution < -0.4 is 5.32 Å². The van der Waals surface area contributed by atoms with Crippen LogP contribution in [-0.4, -0.2) is 59.9 Å². The van der Waals surface area contributed by atoms with Gasteiger partial charge in [-0.05, 0) is 24.7 Å². The van der Waals surface area contributed by atoms with Gasteiger partial charge in [0.25, 0.3) is 0 Å². The average Bonchev–Trinajstić information content (AvgIpc) is 2.28. The first kappa shape index (κ1) is 13.7. The molecule has 1 heterocycles. The number of thioether (sulfide) groups is 2. The summed E-state index contributed by atoms with van der Waals surface area (Å²) in [5, 5.41) is 2.76. The fourth-order valence-electron chi connectivity index (χ4n) is 1.60. The zero-order valence-electron chi connectivity index (χ0n) is 9.69. The van der Waals surface area contributed by atoms with Gasteiger partial charge in [-0.1, -0.05) is 0 Å². The first-order valence-electron chi connectivity index (χ1n) is 5.25. The van der Waals surface area contributed by atoms with Crippen molar-refractivity contribution in [1.82, 2.24) is 10.2 Å². The molecule has 0 unspecified atom stereocenters. The maximum atomic E-state index is 12.0. The van der Waals surface area contributed by atoms with Crippen LogP contribution in [0.2, 0.25) is 0 Å². The van der Waals surface area contributed by atoms with Crippen molar-refractivity contribution >= 4 is 35.3 Å². The maximum Gasteiger partial charge on any atom is 0.245 e. The predicted octanol–water partition coefficient (Wildman–Crippen LogP) is 0.429. The summed E-state index contributed by atoms with van der Waals surface area (Å²) in [5.74, 6) is 1.82. The Bertz CT molecular complexity index is 239. The Morgan fingerprint density at radius 3 is 2.62 bits per heavy atom. The van der Waals surface area contributed by atoms with Gasteiger partial charge in [-0.2, -0.15) is 23.5 Å². The van der Waals surface area contributed by atoms with Gasteiger partial charge in [0.2, 0.25) is 11.8 Å². The molecule has 92 valence electrons. The Morgan fingerprint density at radius 2 is 2.00 bits per heavy atom. The van der Waals surface area contributed by atoms with Crippen molar-refractivity contribution in [2.45, 2.75) is 12.5 Å². The standard InChI is InChI=1S/C10H18N2O2S2/c1-15-5-3-8-10(14)12(4-6-16-2)7-9(13)11-8/h8H,3-7H2,1-2H3,(H,11,13)/t8-/m0/s1. The van der Waals surface area contributed by atoms with E-state index in [1.165, 1.54) is 0 Å². The smallest absolute Gasteiger partial charge is 0.245 e. The summed E-state index contributed by atoms with van der Waals surface area (Å²) in [5.41, 5.74) is 0. The van der Waals surface area contributed by atoms with Crippen molar-refractivity contribution in [2.24, 2.45) is 0 Å². The number of piperazine rings is 1. The third-order valence-electron chi connectivity index (χ3n) is 2.46. The Hall–Kier alpha value is -0.360. The van der Waals surface area contributed by atoms with E-state index in [2.05, 4.69) is 5.32 Å². The van der Waals surface area contributed by atoms with E-state index in [-0.39, 0.29) is 24.4 Å². The number of amides is 2. The van der Waals surface area contributed by atoms with Crippen LogP contribution >= 0.6 is 23.5 Å². The molecule has 1 rings (SSSR count). The van der Waals surface area contributed by atoms with Crippen LogP contribution in [0.3, 0.4) is 0 Å². The van der Waals surface area contributed by atoms with Crippen LogP contribution in [-0.2, 0) is 9.59 Å². The summed E-state index contributed by atoms with van der Waals surface area (Å²) >= 11 is 3.38. The molecule has 1 saturated heterocycles. The van der Waals surface area contributed by atoms with Crippen molar-refractivity contribution in [3.8, 4) is 0 Å². The highest BCUT2D eigenvalue weighted by atomic mass is 32.2. The molecule has 0 aromatic rings. The number of hydrogen-bond donors (Lipinski definition) is 1. The second-order valence-electron chi connectivity index (χ2n) is 3.65. The van der Waals surface area contributed by atoms with Crippen molar-refractivity contribution in [3.05, 3.63) is 0 Å². The van der Waals surface area contributed by atoms with Gasteiger partial charge in [-0.15, -0.1) is 0 Å². The van der Waals surface area contributed by atoms with Crippen LogP contribution in [0.25, 0.3) is 0 Å². The van der Waals surface area contributed by atoms with Crippen LogP contribution in [0, 0.1) is 0 Å². The minimum Gasteiger partial charge on any atom is -0.343 e. The van der Waals surface area contributed by atoms with Gasteiger partial charge < -0.3 is 10.2 Å². The first-order chi connectivity index (χ1) is 7.69. The van der Waals surface area contributed by atoms with Crippen molar-refractivity contribution in [1.29, 1.82) is 0 Å². The molecular weight excluding hydrogens is 244 g/mol. The molecule has 0 radical (unpaired) electrons. The van der Waals surface area contributed by atoms with E-state index >= 15 is 0 Å². The molecule has 0 saturated carbocycles. The minimum atomic E-state index is -0.310. The van der Waals surface area contributed by atoms with Crippen LogP contribution in [0.15, 0.2) is 0 Å². The molecule has 1 aliphatic rings. The van der Waals surface area contributed by atoms with Gasteiger partial charge in [0.1, 0.15) is 6.04 Å². The molecule has 1 N–H and O–H groups in total. The van der Waals surface area contributed by atoms with Crippen molar-refractivity contribution in [2.75, 3.05) is 37.1 Å². The lowest BCUT2D eigenvalue weighted by atomic mass is 10.1. The molecule has 1 fully saturated rings. The molecule has 0 aromatic heterocycles. The summed E-state index contributed by atoms with van der Waals surface area (Å²) in [6.07, 6.45) is 4.72. The van der Waals surface area contributed by atoms with Crippen molar-refractivity contribution < 1.29 is 9.59 Å². The lowest BCUT2D eigenvalue weighted by molar-refractivity contribution is -0.144. The fourth-order valence-corrected chi connectivity index (χ4v) is 2.47. The number of rotatable bonds is 6. The third kappa shape index (κ3) is 3.90. The number of carbonyl (C=O) groups excluding carboxylic acids is 2. The number of hydrogen-bond acceptors (Lipinski definition) is 4. The second-order valence-corrected chi connectivity index (χ2v) is 5.63. The van der Waals surface area contributed by atoms with E-state index in [1.807, 2.05) is 12.5 Å². The average molecular weight is 262 g/mol. The van der Waals surface area contributed by atoms with E-state index < -0.39 is 0 Å². The lowest BCUT2D eigenvalue weighted by Crippen LogP contribution is -2.58. The highest BCUT2D eigenvalue weighted by Crippen LogP contribution is 2.09. The molecule has 16 heavy (non-hydrogen) atoms. The minimum absolute atomic E-state index is 0.0354. The van der Waals surface area contributed by atoms with Gasteiger partial charge in [-0.3, -0.25) is 9.59 Å². The Balaban J connectivity index is 2.51. The predicted molar refractivity (Wildman–Crippen MR) is 69.9 cm³/mol. The van der Waals surface area contributed by atoms with Gasteiger partial charge in [-0.25, -0.2) is 0 Å². The molecule has 1 aliphatic heterocycles. The van der Waals surface area contributed by atoms with E-state index in [1.54, 1.807) is 28.4 Å². The molecule has 4 nitrogen and oxygen atoms in total. The van der Waals surface area contributed by atoms with E-state index in [0.717, 1.165) is 17.9 Å². The van der Waals surface area contributed by atoms with Crippen LogP contribution in [0.5, 0.6) is 0 Å². The summed E-state index contributed by atoms with van der Waals surface area (Å²) in [6.45, 7) is 0.887. The number of nitrogens with zero attached hydrogens (tertiary/aromatic N) is 1. The second kappa shape index (κ2) is 7.06. The Kier molecular flexibility index (Phi) is 6.05.